The summed E-state index contributed by atoms with van der Waals surface area (Å²) in [5.41, 5.74) is 4.27. The van der Waals surface area contributed by atoms with E-state index < -0.39 is 0 Å². The van der Waals surface area contributed by atoms with Crippen molar-refractivity contribution in [3.8, 4) is 0 Å². The average Bonchev–Trinajstić information content (AvgIpc) is 2.70. The van der Waals surface area contributed by atoms with Gasteiger partial charge in [0, 0.05) is 17.9 Å². The fraction of sp³-hybridized carbons (Fsp3) is 0.375. The van der Waals surface area contributed by atoms with E-state index in [1.54, 1.807) is 0 Å². The van der Waals surface area contributed by atoms with Crippen molar-refractivity contribution in [1.82, 2.24) is 4.57 Å². The van der Waals surface area contributed by atoms with E-state index in [0.717, 1.165) is 13.0 Å². The summed E-state index contributed by atoms with van der Waals surface area (Å²) >= 11 is 0. The monoisotopic (exact) mass is 227 g/mol. The van der Waals surface area contributed by atoms with E-state index in [1.165, 1.54) is 29.8 Å². The van der Waals surface area contributed by atoms with Gasteiger partial charge in [-0.3, -0.25) is 0 Å². The molecule has 0 amide bonds. The van der Waals surface area contributed by atoms with Crippen LogP contribution in [0.15, 0.2) is 42.5 Å². The first-order valence-corrected chi connectivity index (χ1v) is 6.50. The number of nitrogens with zero attached hydrogens (tertiary/aromatic N) is 1. The summed E-state index contributed by atoms with van der Waals surface area (Å²) in [6.07, 6.45) is 3.52. The van der Waals surface area contributed by atoms with Crippen molar-refractivity contribution in [3.05, 3.63) is 59.4 Å². The predicted molar refractivity (Wildman–Crippen MR) is 73.3 cm³/mol. The molecule has 0 aliphatic carbocycles. The van der Waals surface area contributed by atoms with Crippen LogP contribution >= 0.6 is 0 Å². The van der Waals surface area contributed by atoms with Crippen LogP contribution in [0.25, 0.3) is 0 Å². The SMILES string of the molecule is CCCc1ccc(C)n1CCc1ccccc1. The van der Waals surface area contributed by atoms with Gasteiger partial charge in [0.2, 0.25) is 0 Å². The minimum atomic E-state index is 1.10. The zero-order chi connectivity index (χ0) is 12.1. The molecule has 0 saturated heterocycles. The van der Waals surface area contributed by atoms with Gasteiger partial charge in [-0.25, -0.2) is 0 Å². The highest BCUT2D eigenvalue weighted by Gasteiger charge is 2.04. The summed E-state index contributed by atoms with van der Waals surface area (Å²) in [5, 5.41) is 0. The molecule has 90 valence electrons. The van der Waals surface area contributed by atoms with Crippen molar-refractivity contribution >= 4 is 0 Å². The molecule has 0 aliphatic rings. The summed E-state index contributed by atoms with van der Waals surface area (Å²) < 4.78 is 2.45. The molecule has 0 bridgehead atoms. The summed E-state index contributed by atoms with van der Waals surface area (Å²) in [6.45, 7) is 5.53. The topological polar surface area (TPSA) is 4.93 Å². The maximum atomic E-state index is 2.45. The first-order chi connectivity index (χ1) is 8.31. The normalized spacial score (nSPS) is 10.7. The molecule has 0 atom stereocenters. The highest BCUT2D eigenvalue weighted by atomic mass is 15.0. The molecular weight excluding hydrogens is 206 g/mol. The minimum absolute atomic E-state index is 1.10. The van der Waals surface area contributed by atoms with Gasteiger partial charge < -0.3 is 4.57 Å². The molecular formula is C16H21N. The molecule has 2 aromatic rings. The molecule has 1 aromatic carbocycles. The van der Waals surface area contributed by atoms with E-state index in [9.17, 15) is 0 Å². The Balaban J connectivity index is 2.06. The molecule has 1 heterocycles. The maximum absolute atomic E-state index is 2.45. The number of hydrogen-bond donors (Lipinski definition) is 0. The highest BCUT2D eigenvalue weighted by Crippen LogP contribution is 2.12. The van der Waals surface area contributed by atoms with E-state index in [-0.39, 0.29) is 0 Å². The standard InChI is InChI=1S/C16H21N/c1-3-7-16-11-10-14(2)17(16)13-12-15-8-5-4-6-9-15/h4-6,8-11H,3,7,12-13H2,1-2H3. The molecule has 0 unspecified atom stereocenters. The van der Waals surface area contributed by atoms with E-state index in [0.29, 0.717) is 0 Å². The molecule has 17 heavy (non-hydrogen) atoms. The molecule has 0 fully saturated rings. The van der Waals surface area contributed by atoms with Crippen molar-refractivity contribution < 1.29 is 0 Å². The van der Waals surface area contributed by atoms with Gasteiger partial charge in [-0.2, -0.15) is 0 Å². The van der Waals surface area contributed by atoms with E-state index in [1.807, 2.05) is 0 Å². The number of hydrogen-bond acceptors (Lipinski definition) is 0. The Labute approximate surface area is 104 Å². The van der Waals surface area contributed by atoms with Crippen LogP contribution < -0.4 is 0 Å². The second-order valence-electron chi connectivity index (χ2n) is 4.60. The van der Waals surface area contributed by atoms with Gasteiger partial charge in [0.1, 0.15) is 0 Å². The molecule has 2 rings (SSSR count). The zero-order valence-electron chi connectivity index (χ0n) is 10.8. The number of aryl methyl sites for hydroxylation is 3. The van der Waals surface area contributed by atoms with Crippen LogP contribution in [-0.2, 0) is 19.4 Å². The first-order valence-electron chi connectivity index (χ1n) is 6.50. The Morgan fingerprint density at radius 1 is 0.941 bits per heavy atom. The number of aromatic nitrogens is 1. The Morgan fingerprint density at radius 2 is 1.71 bits per heavy atom. The lowest BCUT2D eigenvalue weighted by Crippen LogP contribution is -2.07. The molecule has 0 spiro atoms. The van der Waals surface area contributed by atoms with Crippen molar-refractivity contribution in [2.24, 2.45) is 0 Å². The second kappa shape index (κ2) is 5.72. The molecule has 1 nitrogen and oxygen atoms in total. The van der Waals surface area contributed by atoms with Crippen LogP contribution in [0.3, 0.4) is 0 Å². The van der Waals surface area contributed by atoms with Gasteiger partial charge in [-0.1, -0.05) is 43.7 Å². The number of rotatable bonds is 5. The van der Waals surface area contributed by atoms with Gasteiger partial charge in [0.05, 0.1) is 0 Å². The smallest absolute Gasteiger partial charge is 0.0265 e. The number of benzene rings is 1. The summed E-state index contributed by atoms with van der Waals surface area (Å²) in [4.78, 5) is 0. The lowest BCUT2D eigenvalue weighted by Gasteiger charge is -2.11. The Kier molecular flexibility index (Phi) is 4.03. The van der Waals surface area contributed by atoms with E-state index >= 15 is 0 Å². The largest absolute Gasteiger partial charge is 0.349 e. The van der Waals surface area contributed by atoms with Crippen LogP contribution in [-0.4, -0.2) is 4.57 Å². The van der Waals surface area contributed by atoms with Crippen LogP contribution in [0.2, 0.25) is 0 Å². The fourth-order valence-corrected chi connectivity index (χ4v) is 2.30. The minimum Gasteiger partial charge on any atom is -0.349 e. The van der Waals surface area contributed by atoms with Gasteiger partial charge in [0.15, 0.2) is 0 Å². The Morgan fingerprint density at radius 3 is 2.41 bits per heavy atom. The second-order valence-corrected chi connectivity index (χ2v) is 4.60. The third-order valence-electron chi connectivity index (χ3n) is 3.26. The van der Waals surface area contributed by atoms with Crippen molar-refractivity contribution in [1.29, 1.82) is 0 Å². The lowest BCUT2D eigenvalue weighted by atomic mass is 10.1. The first kappa shape index (κ1) is 12.0. The van der Waals surface area contributed by atoms with Gasteiger partial charge >= 0.3 is 0 Å². The summed E-state index contributed by atoms with van der Waals surface area (Å²) in [6, 6.07) is 15.2. The molecule has 0 radical (unpaired) electrons. The van der Waals surface area contributed by atoms with Gasteiger partial charge in [-0.05, 0) is 37.5 Å². The van der Waals surface area contributed by atoms with E-state index in [4.69, 9.17) is 0 Å². The summed E-state index contributed by atoms with van der Waals surface area (Å²) in [7, 11) is 0. The Hall–Kier alpha value is -1.50. The quantitative estimate of drug-likeness (QED) is 0.728. The van der Waals surface area contributed by atoms with E-state index in [2.05, 4.69) is 60.9 Å². The summed E-state index contributed by atoms with van der Waals surface area (Å²) in [5.74, 6) is 0. The molecule has 0 saturated carbocycles. The van der Waals surface area contributed by atoms with Crippen molar-refractivity contribution in [2.45, 2.75) is 39.7 Å². The van der Waals surface area contributed by atoms with Gasteiger partial charge in [-0.15, -0.1) is 0 Å². The molecule has 1 aromatic heterocycles. The molecule has 0 aliphatic heterocycles. The zero-order valence-corrected chi connectivity index (χ0v) is 10.8. The fourth-order valence-electron chi connectivity index (χ4n) is 2.30. The molecule has 1 heteroatoms. The Bertz CT molecular complexity index is 454. The average molecular weight is 227 g/mol. The molecule has 0 N–H and O–H groups in total. The van der Waals surface area contributed by atoms with Crippen LogP contribution in [0.4, 0.5) is 0 Å². The van der Waals surface area contributed by atoms with Crippen molar-refractivity contribution in [3.63, 3.8) is 0 Å². The highest BCUT2D eigenvalue weighted by molar-refractivity contribution is 5.18. The third-order valence-corrected chi connectivity index (χ3v) is 3.26. The lowest BCUT2D eigenvalue weighted by molar-refractivity contribution is 0.640. The van der Waals surface area contributed by atoms with Crippen LogP contribution in [0, 0.1) is 6.92 Å². The van der Waals surface area contributed by atoms with Crippen LogP contribution in [0.5, 0.6) is 0 Å². The van der Waals surface area contributed by atoms with Gasteiger partial charge in [0.25, 0.3) is 0 Å². The van der Waals surface area contributed by atoms with Crippen LogP contribution in [0.1, 0.15) is 30.3 Å². The third kappa shape index (κ3) is 3.00. The van der Waals surface area contributed by atoms with Crippen molar-refractivity contribution in [2.75, 3.05) is 0 Å². The predicted octanol–water partition coefficient (Wildman–Crippen LogP) is 3.99. The maximum Gasteiger partial charge on any atom is 0.0265 e.